The van der Waals surface area contributed by atoms with Crippen LogP contribution >= 0.6 is 0 Å². The van der Waals surface area contributed by atoms with Gasteiger partial charge in [0.15, 0.2) is 17.5 Å². The molecular formula is C58H36N4. The summed E-state index contributed by atoms with van der Waals surface area (Å²) < 4.78 is 2.39. The van der Waals surface area contributed by atoms with E-state index in [0.29, 0.717) is 17.5 Å². The van der Waals surface area contributed by atoms with E-state index in [4.69, 9.17) is 15.0 Å². The van der Waals surface area contributed by atoms with Crippen LogP contribution in [-0.4, -0.2) is 19.5 Å². The third-order valence-corrected chi connectivity index (χ3v) is 13.1. The van der Waals surface area contributed by atoms with Gasteiger partial charge in [-0.1, -0.05) is 176 Å². The van der Waals surface area contributed by atoms with Crippen LogP contribution in [0, 0.1) is 0 Å². The monoisotopic (exact) mass is 788 g/mol. The van der Waals surface area contributed by atoms with Gasteiger partial charge in [0, 0.05) is 33.2 Å². The Labute approximate surface area is 359 Å². The molecule has 0 amide bonds. The normalized spacial score (nSPS) is 13.0. The molecule has 2 aliphatic rings. The summed E-state index contributed by atoms with van der Waals surface area (Å²) in [5, 5.41) is 2.44. The topological polar surface area (TPSA) is 43.6 Å². The fraction of sp³-hybridized carbons (Fsp3) is 0.0172. The van der Waals surface area contributed by atoms with Crippen molar-refractivity contribution >= 4 is 21.8 Å². The standard InChI is InChI=1S/C58H36N4/c1-3-15-37(16-4-1)55-59-56(38-17-5-2-6-18-38)61-57(60-55)39-27-31-42(32-28-39)62-53-26-14-10-22-47(53)48-34-30-41(36-54(48)62)40-29-33-46-45-21-9-13-25-51(45)58(52(46)35-40)49-23-11-7-19-43(49)44-20-8-12-24-50(44)58/h1-36H. The fourth-order valence-corrected chi connectivity index (χ4v) is 10.4. The van der Waals surface area contributed by atoms with Crippen molar-refractivity contribution in [3.05, 3.63) is 241 Å². The Bertz CT molecular complexity index is 3450. The van der Waals surface area contributed by atoms with Crippen molar-refractivity contribution in [1.82, 2.24) is 19.5 Å². The molecule has 2 aromatic heterocycles. The molecule has 0 N–H and O–H groups in total. The predicted molar refractivity (Wildman–Crippen MR) is 252 cm³/mol. The van der Waals surface area contributed by atoms with Crippen molar-refractivity contribution in [2.24, 2.45) is 0 Å². The van der Waals surface area contributed by atoms with E-state index >= 15 is 0 Å². The molecule has 1 spiro atoms. The zero-order chi connectivity index (χ0) is 40.8. The number of nitrogens with zero attached hydrogens (tertiary/aromatic N) is 4. The summed E-state index contributed by atoms with van der Waals surface area (Å²) in [6, 6.07) is 78.7. The van der Waals surface area contributed by atoms with E-state index in [1.54, 1.807) is 0 Å². The van der Waals surface area contributed by atoms with Gasteiger partial charge in [-0.25, -0.2) is 15.0 Å². The van der Waals surface area contributed by atoms with Crippen LogP contribution < -0.4 is 0 Å². The van der Waals surface area contributed by atoms with E-state index in [2.05, 4.69) is 162 Å². The van der Waals surface area contributed by atoms with Crippen LogP contribution in [0.1, 0.15) is 22.3 Å². The molecule has 2 aliphatic carbocycles. The second-order valence-electron chi connectivity index (χ2n) is 16.3. The number of rotatable bonds is 5. The first-order chi connectivity index (χ1) is 30.7. The zero-order valence-electron chi connectivity index (χ0n) is 33.6. The van der Waals surface area contributed by atoms with E-state index in [1.165, 1.54) is 66.4 Å². The van der Waals surface area contributed by atoms with Crippen molar-refractivity contribution in [2.75, 3.05) is 0 Å². The Morgan fingerprint density at radius 1 is 0.290 bits per heavy atom. The molecule has 62 heavy (non-hydrogen) atoms. The number of hydrogen-bond donors (Lipinski definition) is 0. The summed E-state index contributed by atoms with van der Waals surface area (Å²) in [4.78, 5) is 14.9. The highest BCUT2D eigenvalue weighted by molar-refractivity contribution is 6.10. The summed E-state index contributed by atoms with van der Waals surface area (Å²) >= 11 is 0. The summed E-state index contributed by atoms with van der Waals surface area (Å²) in [6.07, 6.45) is 0. The van der Waals surface area contributed by atoms with Crippen LogP contribution in [0.5, 0.6) is 0 Å². The summed E-state index contributed by atoms with van der Waals surface area (Å²) in [5.74, 6) is 1.94. The number of fused-ring (bicyclic) bond motifs is 13. The molecule has 0 aliphatic heterocycles. The van der Waals surface area contributed by atoms with Gasteiger partial charge in [0.25, 0.3) is 0 Å². The molecule has 13 rings (SSSR count). The number of para-hydroxylation sites is 1. The number of benzene rings is 9. The van der Waals surface area contributed by atoms with Crippen LogP contribution in [0.15, 0.2) is 218 Å². The molecule has 288 valence electrons. The molecular weight excluding hydrogens is 753 g/mol. The molecule has 0 fully saturated rings. The minimum absolute atomic E-state index is 0.391. The van der Waals surface area contributed by atoms with E-state index in [-0.39, 0.29) is 0 Å². The van der Waals surface area contributed by atoms with Crippen LogP contribution in [0.25, 0.3) is 95.0 Å². The SMILES string of the molecule is c1ccc(-c2nc(-c3ccccc3)nc(-c3ccc(-n4c5ccccc5c5ccc(-c6ccc7c(c6)C6(c8ccccc8-c8ccccc86)c6ccccc6-7)cc54)cc3)n2)cc1. The molecule has 0 saturated heterocycles. The van der Waals surface area contributed by atoms with Crippen LogP contribution in [0.3, 0.4) is 0 Å². The van der Waals surface area contributed by atoms with E-state index in [0.717, 1.165) is 33.4 Å². The maximum atomic E-state index is 5.00. The smallest absolute Gasteiger partial charge is 0.164 e. The minimum atomic E-state index is -0.391. The van der Waals surface area contributed by atoms with Gasteiger partial charge in [0.2, 0.25) is 0 Å². The van der Waals surface area contributed by atoms with Gasteiger partial charge in [-0.2, -0.15) is 0 Å². The first-order valence-corrected chi connectivity index (χ1v) is 21.2. The fourth-order valence-electron chi connectivity index (χ4n) is 10.4. The second-order valence-corrected chi connectivity index (χ2v) is 16.3. The van der Waals surface area contributed by atoms with Gasteiger partial charge in [-0.3, -0.25) is 0 Å². The Morgan fingerprint density at radius 3 is 1.29 bits per heavy atom. The van der Waals surface area contributed by atoms with Crippen LogP contribution in [0.2, 0.25) is 0 Å². The molecule has 11 aromatic rings. The Balaban J connectivity index is 0.955. The van der Waals surface area contributed by atoms with Crippen molar-refractivity contribution in [2.45, 2.75) is 5.41 Å². The first-order valence-electron chi connectivity index (χ1n) is 21.2. The summed E-state index contributed by atoms with van der Waals surface area (Å²) in [7, 11) is 0. The quantitative estimate of drug-likeness (QED) is 0.174. The molecule has 0 atom stereocenters. The lowest BCUT2D eigenvalue weighted by Gasteiger charge is -2.30. The average molecular weight is 789 g/mol. The van der Waals surface area contributed by atoms with Gasteiger partial charge in [-0.05, 0) is 98.1 Å². The molecule has 0 saturated carbocycles. The van der Waals surface area contributed by atoms with Crippen LogP contribution in [-0.2, 0) is 5.41 Å². The summed E-state index contributed by atoms with van der Waals surface area (Å²) in [5.41, 5.74) is 18.9. The average Bonchev–Trinajstić information content (AvgIpc) is 3.96. The highest BCUT2D eigenvalue weighted by atomic mass is 15.0. The Kier molecular flexibility index (Phi) is 7.49. The Morgan fingerprint density at radius 2 is 0.710 bits per heavy atom. The minimum Gasteiger partial charge on any atom is -0.309 e. The van der Waals surface area contributed by atoms with Crippen molar-refractivity contribution in [3.63, 3.8) is 0 Å². The van der Waals surface area contributed by atoms with Gasteiger partial charge >= 0.3 is 0 Å². The lowest BCUT2D eigenvalue weighted by molar-refractivity contribution is 0.794. The molecule has 4 nitrogen and oxygen atoms in total. The van der Waals surface area contributed by atoms with E-state index in [9.17, 15) is 0 Å². The number of hydrogen-bond acceptors (Lipinski definition) is 3. The summed E-state index contributed by atoms with van der Waals surface area (Å²) in [6.45, 7) is 0. The molecule has 0 radical (unpaired) electrons. The highest BCUT2D eigenvalue weighted by Crippen LogP contribution is 2.63. The predicted octanol–water partition coefficient (Wildman–Crippen LogP) is 14.0. The number of aromatic nitrogens is 4. The molecule has 0 unspecified atom stereocenters. The lowest BCUT2D eigenvalue weighted by Crippen LogP contribution is -2.25. The van der Waals surface area contributed by atoms with Gasteiger partial charge in [0.1, 0.15) is 0 Å². The molecule has 4 heteroatoms. The molecule has 2 heterocycles. The third-order valence-electron chi connectivity index (χ3n) is 13.1. The van der Waals surface area contributed by atoms with Gasteiger partial charge < -0.3 is 4.57 Å². The molecule has 0 bridgehead atoms. The maximum absolute atomic E-state index is 5.00. The van der Waals surface area contributed by atoms with E-state index < -0.39 is 5.41 Å². The highest BCUT2D eigenvalue weighted by Gasteiger charge is 2.51. The Hall–Kier alpha value is -8.21. The third kappa shape index (κ3) is 4.98. The maximum Gasteiger partial charge on any atom is 0.164 e. The first kappa shape index (κ1) is 34.6. The molecule has 9 aromatic carbocycles. The van der Waals surface area contributed by atoms with Crippen molar-refractivity contribution in [3.8, 4) is 73.2 Å². The lowest BCUT2D eigenvalue weighted by atomic mass is 9.70. The van der Waals surface area contributed by atoms with Gasteiger partial charge in [0.05, 0.1) is 16.4 Å². The largest absolute Gasteiger partial charge is 0.309 e. The van der Waals surface area contributed by atoms with Crippen molar-refractivity contribution in [1.29, 1.82) is 0 Å². The van der Waals surface area contributed by atoms with Crippen molar-refractivity contribution < 1.29 is 0 Å². The van der Waals surface area contributed by atoms with E-state index in [1.807, 2.05) is 60.7 Å². The second kappa shape index (κ2) is 13.4. The zero-order valence-corrected chi connectivity index (χ0v) is 33.6. The van der Waals surface area contributed by atoms with Gasteiger partial charge in [-0.15, -0.1) is 0 Å². The van der Waals surface area contributed by atoms with Crippen LogP contribution in [0.4, 0.5) is 0 Å².